The van der Waals surface area contributed by atoms with Gasteiger partial charge in [0.05, 0.1) is 6.26 Å². The third-order valence-corrected chi connectivity index (χ3v) is 6.53. The van der Waals surface area contributed by atoms with E-state index in [-0.39, 0.29) is 0 Å². The second-order valence-electron chi connectivity index (χ2n) is 9.87. The number of aliphatic hydroxyl groups excluding tert-OH is 1. The van der Waals surface area contributed by atoms with Crippen molar-refractivity contribution in [2.75, 3.05) is 26.7 Å². The normalized spacial score (nSPS) is 13.7. The maximum atomic E-state index is 9.68. The van der Waals surface area contributed by atoms with Crippen molar-refractivity contribution in [3.63, 3.8) is 0 Å². The summed E-state index contributed by atoms with van der Waals surface area (Å²) in [4.78, 5) is 2.49. The van der Waals surface area contributed by atoms with E-state index in [0.29, 0.717) is 0 Å². The number of nitrogens with zero attached hydrogens (tertiary/aromatic N) is 1. The van der Waals surface area contributed by atoms with E-state index in [2.05, 4.69) is 112 Å². The van der Waals surface area contributed by atoms with Crippen molar-refractivity contribution in [1.82, 2.24) is 10.2 Å². The second-order valence-corrected chi connectivity index (χ2v) is 9.87. The average Bonchev–Trinajstić information content (AvgIpc) is 2.97. The molecule has 3 heteroatoms. The third kappa shape index (κ3) is 14.3. The molecule has 3 rings (SSSR count). The predicted octanol–water partition coefficient (Wildman–Crippen LogP) is 9.40. The number of aryl methyl sites for hydroxylation is 2. The fraction of sp³-hybridized carbons (Fsp3) is 0.405. The van der Waals surface area contributed by atoms with E-state index in [1.165, 1.54) is 53.4 Å². The number of aliphatic hydroxyl groups is 1. The molecule has 0 aromatic heterocycles. The van der Waals surface area contributed by atoms with Crippen LogP contribution in [0.3, 0.4) is 0 Å². The molecule has 2 aromatic carbocycles. The molecule has 2 N–H and O–H groups in total. The van der Waals surface area contributed by atoms with Crippen LogP contribution in [0.5, 0.6) is 0 Å². The van der Waals surface area contributed by atoms with Crippen molar-refractivity contribution < 1.29 is 5.11 Å². The van der Waals surface area contributed by atoms with Crippen LogP contribution in [0.1, 0.15) is 70.6 Å². The fourth-order valence-electron chi connectivity index (χ4n) is 4.59. The van der Waals surface area contributed by atoms with Crippen molar-refractivity contribution in [1.29, 1.82) is 0 Å². The van der Waals surface area contributed by atoms with Crippen molar-refractivity contribution in [3.05, 3.63) is 132 Å². The lowest BCUT2D eigenvalue weighted by Crippen LogP contribution is -2.31. The van der Waals surface area contributed by atoms with Crippen LogP contribution in [-0.2, 0) is 19.4 Å². The molecule has 0 saturated heterocycles. The molecular formula is C37H56N2O. The van der Waals surface area contributed by atoms with Crippen molar-refractivity contribution in [2.24, 2.45) is 0 Å². The van der Waals surface area contributed by atoms with Crippen LogP contribution in [0.2, 0.25) is 0 Å². The minimum atomic E-state index is 0.945. The highest BCUT2D eigenvalue weighted by atomic mass is 16.2. The summed E-state index contributed by atoms with van der Waals surface area (Å²) in [5.41, 5.74) is 8.92. The van der Waals surface area contributed by atoms with Gasteiger partial charge in [-0.1, -0.05) is 106 Å². The Kier molecular flexibility index (Phi) is 21.9. The highest BCUT2D eigenvalue weighted by molar-refractivity contribution is 5.48. The molecule has 1 aliphatic rings. The SMILES string of the molecule is C=C.C=C/C=C(C)\C(=C/O)C1=C(C)CN(Cc2ccccc2CC)CC1.CCC.CNCCCc1ccccc1. The van der Waals surface area contributed by atoms with Gasteiger partial charge in [-0.3, -0.25) is 4.90 Å². The van der Waals surface area contributed by atoms with Crippen LogP contribution in [0.15, 0.2) is 115 Å². The topological polar surface area (TPSA) is 35.5 Å². The van der Waals surface area contributed by atoms with Gasteiger partial charge in [-0.2, -0.15) is 0 Å². The number of hydrogen-bond donors (Lipinski definition) is 2. The van der Waals surface area contributed by atoms with Crippen LogP contribution in [0.4, 0.5) is 0 Å². The van der Waals surface area contributed by atoms with Gasteiger partial charge in [0.25, 0.3) is 0 Å². The van der Waals surface area contributed by atoms with Crippen LogP contribution >= 0.6 is 0 Å². The second kappa shape index (κ2) is 23.7. The molecule has 0 amide bonds. The molecule has 40 heavy (non-hydrogen) atoms. The maximum Gasteiger partial charge on any atom is 0.0869 e. The Morgan fingerprint density at radius 3 is 2.12 bits per heavy atom. The third-order valence-electron chi connectivity index (χ3n) is 6.53. The van der Waals surface area contributed by atoms with E-state index in [1.807, 2.05) is 20.0 Å². The molecular weight excluding hydrogens is 488 g/mol. The van der Waals surface area contributed by atoms with Crippen LogP contribution in [0, 0.1) is 0 Å². The standard InChI is InChI=1S/C22H29NO.C10H15N.C3H8.C2H4/c1-5-9-17(3)22(16-24)21-12-13-23(14-18(21)4)15-20-11-8-7-10-19(20)6-2;1-11-9-5-8-10-6-3-2-4-7-10;1-3-2;1-2/h5,7-11,16,24H,1,6,12-15H2,2-4H3;2-4,6-7,11H,5,8-9H2,1H3;3H2,1-2H3;1-2H2/b17-9-,22-16+;;;. The summed E-state index contributed by atoms with van der Waals surface area (Å²) >= 11 is 0. The van der Waals surface area contributed by atoms with Gasteiger partial charge in [0.1, 0.15) is 0 Å². The molecule has 0 atom stereocenters. The summed E-state index contributed by atoms with van der Waals surface area (Å²) < 4.78 is 0. The van der Waals surface area contributed by atoms with Gasteiger partial charge < -0.3 is 10.4 Å². The largest absolute Gasteiger partial charge is 0.515 e. The Morgan fingerprint density at radius 1 is 1.00 bits per heavy atom. The minimum absolute atomic E-state index is 0.945. The van der Waals surface area contributed by atoms with Crippen molar-refractivity contribution in [2.45, 2.75) is 73.3 Å². The zero-order chi connectivity index (χ0) is 30.2. The Morgan fingerprint density at radius 2 is 1.60 bits per heavy atom. The number of benzene rings is 2. The molecule has 1 heterocycles. The van der Waals surface area contributed by atoms with E-state index in [9.17, 15) is 5.11 Å². The molecule has 1 aliphatic heterocycles. The van der Waals surface area contributed by atoms with E-state index < -0.39 is 0 Å². The molecule has 0 bridgehead atoms. The number of nitrogens with one attached hydrogen (secondary N) is 1. The molecule has 220 valence electrons. The monoisotopic (exact) mass is 544 g/mol. The molecule has 0 unspecified atom stereocenters. The van der Waals surface area contributed by atoms with E-state index in [0.717, 1.165) is 50.2 Å². The first-order chi connectivity index (χ1) is 19.4. The van der Waals surface area contributed by atoms with E-state index in [4.69, 9.17) is 0 Å². The summed E-state index contributed by atoms with van der Waals surface area (Å²) in [6.45, 7) is 24.5. The molecule has 0 fully saturated rings. The zero-order valence-corrected chi connectivity index (χ0v) is 26.3. The fourth-order valence-corrected chi connectivity index (χ4v) is 4.59. The van der Waals surface area contributed by atoms with Gasteiger partial charge in [-0.05, 0) is 81.0 Å². The van der Waals surface area contributed by atoms with Gasteiger partial charge in [-0.25, -0.2) is 0 Å². The van der Waals surface area contributed by atoms with Crippen LogP contribution < -0.4 is 5.32 Å². The Bertz CT molecular complexity index is 1030. The highest BCUT2D eigenvalue weighted by Crippen LogP contribution is 2.29. The Hall–Kier alpha value is -3.14. The zero-order valence-electron chi connectivity index (χ0n) is 26.3. The smallest absolute Gasteiger partial charge is 0.0869 e. The van der Waals surface area contributed by atoms with Gasteiger partial charge in [0.2, 0.25) is 0 Å². The lowest BCUT2D eigenvalue weighted by molar-refractivity contribution is 0.277. The summed E-state index contributed by atoms with van der Waals surface area (Å²) in [6.07, 6.45) is 10.7. The summed E-state index contributed by atoms with van der Waals surface area (Å²) in [5.74, 6) is 0. The first kappa shape index (κ1) is 36.9. The maximum absolute atomic E-state index is 9.68. The summed E-state index contributed by atoms with van der Waals surface area (Å²) in [7, 11) is 1.99. The summed E-state index contributed by atoms with van der Waals surface area (Å²) in [6, 6.07) is 19.3. The van der Waals surface area contributed by atoms with Crippen LogP contribution in [0.25, 0.3) is 0 Å². The van der Waals surface area contributed by atoms with Gasteiger partial charge in [-0.15, -0.1) is 13.2 Å². The van der Waals surface area contributed by atoms with Gasteiger partial charge >= 0.3 is 0 Å². The molecule has 0 radical (unpaired) electrons. The first-order valence-corrected chi connectivity index (χ1v) is 14.8. The van der Waals surface area contributed by atoms with Crippen LogP contribution in [-0.4, -0.2) is 36.7 Å². The number of allylic oxidation sites excluding steroid dienone is 4. The van der Waals surface area contributed by atoms with Gasteiger partial charge in [0, 0.05) is 25.2 Å². The highest BCUT2D eigenvalue weighted by Gasteiger charge is 2.20. The molecule has 0 spiro atoms. The molecule has 0 aliphatic carbocycles. The van der Waals surface area contributed by atoms with Crippen molar-refractivity contribution in [3.8, 4) is 0 Å². The lowest BCUT2D eigenvalue weighted by Gasteiger charge is -2.31. The minimum Gasteiger partial charge on any atom is -0.515 e. The molecule has 0 saturated carbocycles. The first-order valence-electron chi connectivity index (χ1n) is 14.8. The Balaban J connectivity index is 0.000000789. The molecule has 2 aromatic rings. The average molecular weight is 545 g/mol. The molecule has 3 nitrogen and oxygen atoms in total. The van der Waals surface area contributed by atoms with E-state index in [1.54, 1.807) is 6.08 Å². The lowest BCUT2D eigenvalue weighted by atomic mass is 9.90. The number of hydrogen-bond acceptors (Lipinski definition) is 3. The van der Waals surface area contributed by atoms with Gasteiger partial charge in [0.15, 0.2) is 0 Å². The predicted molar refractivity (Wildman–Crippen MR) is 179 cm³/mol. The quantitative estimate of drug-likeness (QED) is 0.135. The van der Waals surface area contributed by atoms with E-state index >= 15 is 0 Å². The van der Waals surface area contributed by atoms with Crippen molar-refractivity contribution >= 4 is 0 Å². The Labute approximate surface area is 246 Å². The summed E-state index contributed by atoms with van der Waals surface area (Å²) in [5, 5.41) is 12.8. The number of rotatable bonds is 10.